The maximum atomic E-state index is 12.0. The highest BCUT2D eigenvalue weighted by Crippen LogP contribution is 2.44. The first-order valence-corrected chi connectivity index (χ1v) is 5.36. The maximum absolute atomic E-state index is 12.0. The minimum atomic E-state index is -5.83. The molecule has 0 spiro atoms. The molecule has 0 heterocycles. The van der Waals surface area contributed by atoms with Crippen molar-refractivity contribution in [3.8, 4) is 0 Å². The zero-order chi connectivity index (χ0) is 11.4. The highest BCUT2D eigenvalue weighted by molar-refractivity contribution is 7.45. The molecule has 0 aliphatic heterocycles. The molecule has 3 nitrogen and oxygen atoms in total. The number of hydrogen-bond acceptors (Lipinski definition) is 3. The topological polar surface area (TPSA) is 49.4 Å². The monoisotopic (exact) mass is 237 g/mol. The lowest BCUT2D eigenvalue weighted by atomic mass is 10.1. The van der Waals surface area contributed by atoms with E-state index in [1.165, 1.54) is 0 Å². The predicted molar refractivity (Wildman–Crippen MR) is 39.2 cm³/mol. The normalized spacial score (nSPS) is 19.0. The predicted octanol–water partition coefficient (Wildman–Crippen LogP) is 2.56. The summed E-state index contributed by atoms with van der Waals surface area (Å²) in [5, 5.41) is 0. The minimum absolute atomic E-state index is 0.115. The number of alkyl halides is 3. The first-order valence-electron chi connectivity index (χ1n) is 3.92. The van der Waals surface area contributed by atoms with Crippen molar-refractivity contribution < 1.29 is 31.4 Å². The largest absolute Gasteiger partial charge is 0.753 e. The Labute approximate surface area is 78.7 Å². The van der Waals surface area contributed by atoms with Gasteiger partial charge in [0.05, 0.1) is 0 Å². The average molecular weight is 237 g/mol. The lowest BCUT2D eigenvalue weighted by molar-refractivity contribution is -0.248. The molecule has 0 amide bonds. The smallest absolute Gasteiger partial charge is 0.415 e. The molecule has 0 rings (SSSR count). The quantitative estimate of drug-likeness (QED) is 0.545. The van der Waals surface area contributed by atoms with Crippen LogP contribution in [0.5, 0.6) is 0 Å². The van der Waals surface area contributed by atoms with Gasteiger partial charge in [0, 0.05) is 0 Å². The van der Waals surface area contributed by atoms with Gasteiger partial charge in [-0.3, -0.25) is 4.57 Å². The molecular formula is C6H10F4O3P-. The number of hydrogen-bond donors (Lipinski definition) is 0. The molecule has 0 aliphatic carbocycles. The van der Waals surface area contributed by atoms with Crippen LogP contribution in [0.1, 0.15) is 26.2 Å². The zero-order valence-electron chi connectivity index (χ0n) is 7.38. The summed E-state index contributed by atoms with van der Waals surface area (Å²) in [6, 6.07) is 0. The molecule has 0 aliphatic rings. The van der Waals surface area contributed by atoms with Crippen LogP contribution < -0.4 is 4.89 Å². The molecule has 8 heteroatoms. The fourth-order valence-electron chi connectivity index (χ4n) is 0.818. The van der Waals surface area contributed by atoms with Gasteiger partial charge in [-0.15, -0.1) is 0 Å². The van der Waals surface area contributed by atoms with Crippen LogP contribution in [0.4, 0.5) is 17.4 Å². The molecule has 0 saturated carbocycles. The molecule has 86 valence electrons. The molecule has 0 N–H and O–H groups in total. The van der Waals surface area contributed by atoms with E-state index < -0.39 is 26.6 Å². The molecule has 14 heavy (non-hydrogen) atoms. The molecule has 0 aromatic heterocycles. The Hall–Kier alpha value is -0.130. The van der Waals surface area contributed by atoms with E-state index in [0.29, 0.717) is 6.42 Å². The van der Waals surface area contributed by atoms with Gasteiger partial charge in [-0.2, -0.15) is 17.4 Å². The van der Waals surface area contributed by atoms with E-state index in [1.807, 2.05) is 0 Å². The third-order valence-electron chi connectivity index (χ3n) is 1.44. The highest BCUT2D eigenvalue weighted by Gasteiger charge is 2.42. The third-order valence-corrected chi connectivity index (χ3v) is 1.94. The summed E-state index contributed by atoms with van der Waals surface area (Å²) in [5.74, 6) is 0. The van der Waals surface area contributed by atoms with Gasteiger partial charge in [-0.1, -0.05) is 19.8 Å². The van der Waals surface area contributed by atoms with Crippen molar-refractivity contribution in [2.24, 2.45) is 0 Å². The Kier molecular flexibility index (Phi) is 5.05. The van der Waals surface area contributed by atoms with Gasteiger partial charge in [-0.25, -0.2) is 0 Å². The van der Waals surface area contributed by atoms with Crippen molar-refractivity contribution in [2.75, 3.05) is 0 Å². The zero-order valence-corrected chi connectivity index (χ0v) is 8.28. The summed E-state index contributed by atoms with van der Waals surface area (Å²) in [6.45, 7) is 1.62. The van der Waals surface area contributed by atoms with Gasteiger partial charge >= 0.3 is 14.1 Å². The molecule has 0 fully saturated rings. The number of rotatable bonds is 5. The van der Waals surface area contributed by atoms with Crippen molar-refractivity contribution in [2.45, 2.75) is 38.5 Å². The second-order valence-electron chi connectivity index (χ2n) is 2.71. The lowest BCUT2D eigenvalue weighted by Gasteiger charge is -2.24. The van der Waals surface area contributed by atoms with Crippen molar-refractivity contribution in [3.63, 3.8) is 0 Å². The van der Waals surface area contributed by atoms with E-state index >= 15 is 0 Å². The van der Waals surface area contributed by atoms with Crippen LogP contribution in [0.15, 0.2) is 0 Å². The lowest BCUT2D eigenvalue weighted by Crippen LogP contribution is -2.31. The molecule has 0 bridgehead atoms. The van der Waals surface area contributed by atoms with Gasteiger partial charge in [0.2, 0.25) is 0 Å². The summed E-state index contributed by atoms with van der Waals surface area (Å²) < 4.78 is 61.1. The standard InChI is InChI=1S/C6H11F4O3P/c1-2-3-4-5(6(7,8)9)13-14(10,11)12/h5H,2-4H2,1H3,(H,11,12)/p-1. The van der Waals surface area contributed by atoms with E-state index in [4.69, 9.17) is 0 Å². The van der Waals surface area contributed by atoms with Gasteiger partial charge < -0.3 is 9.42 Å². The molecule has 0 aromatic carbocycles. The number of unbranched alkanes of at least 4 members (excludes halogenated alkanes) is 1. The van der Waals surface area contributed by atoms with Crippen LogP contribution in [0.2, 0.25) is 0 Å². The summed E-state index contributed by atoms with van der Waals surface area (Å²) in [6.07, 6.45) is -7.44. The van der Waals surface area contributed by atoms with Crippen LogP contribution in [0.25, 0.3) is 0 Å². The van der Waals surface area contributed by atoms with Crippen molar-refractivity contribution in [1.29, 1.82) is 0 Å². The van der Waals surface area contributed by atoms with E-state index in [9.17, 15) is 26.8 Å². The summed E-state index contributed by atoms with van der Waals surface area (Å²) in [4.78, 5) is 9.89. The van der Waals surface area contributed by atoms with Crippen LogP contribution >= 0.6 is 7.91 Å². The number of halogens is 4. The fraction of sp³-hybridized carbons (Fsp3) is 1.00. The van der Waals surface area contributed by atoms with Crippen LogP contribution in [-0.4, -0.2) is 12.3 Å². The molecule has 2 atom stereocenters. The van der Waals surface area contributed by atoms with Gasteiger partial charge in [-0.05, 0) is 6.42 Å². The molecule has 0 radical (unpaired) electrons. The van der Waals surface area contributed by atoms with Crippen molar-refractivity contribution >= 4 is 7.91 Å². The van der Waals surface area contributed by atoms with E-state index in [2.05, 4.69) is 4.52 Å². The molecule has 0 aromatic rings. The van der Waals surface area contributed by atoms with E-state index in [1.54, 1.807) is 6.92 Å². The minimum Gasteiger partial charge on any atom is -0.753 e. The maximum Gasteiger partial charge on any atom is 0.415 e. The Balaban J connectivity index is 4.34. The van der Waals surface area contributed by atoms with Crippen LogP contribution in [-0.2, 0) is 9.09 Å². The van der Waals surface area contributed by atoms with Crippen LogP contribution in [0.3, 0.4) is 0 Å². The van der Waals surface area contributed by atoms with Crippen molar-refractivity contribution in [3.05, 3.63) is 0 Å². The fourth-order valence-corrected chi connectivity index (χ4v) is 1.35. The molecular weight excluding hydrogens is 227 g/mol. The van der Waals surface area contributed by atoms with E-state index in [-0.39, 0.29) is 6.42 Å². The first kappa shape index (κ1) is 13.9. The van der Waals surface area contributed by atoms with Gasteiger partial charge in [0.25, 0.3) is 0 Å². The second-order valence-corrected chi connectivity index (χ2v) is 3.78. The Morgan fingerprint density at radius 1 is 1.50 bits per heavy atom. The van der Waals surface area contributed by atoms with Gasteiger partial charge in [0.1, 0.15) is 0 Å². The van der Waals surface area contributed by atoms with Gasteiger partial charge in [0.15, 0.2) is 6.10 Å². The Bertz CT molecular complexity index is 212. The van der Waals surface area contributed by atoms with Crippen molar-refractivity contribution in [1.82, 2.24) is 0 Å². The SMILES string of the molecule is CCCCC(OP(=O)([O-])F)C(F)(F)F. The Morgan fingerprint density at radius 3 is 2.29 bits per heavy atom. The molecule has 2 unspecified atom stereocenters. The van der Waals surface area contributed by atoms with Crippen LogP contribution in [0, 0.1) is 0 Å². The summed E-state index contributed by atoms with van der Waals surface area (Å²) >= 11 is 0. The highest BCUT2D eigenvalue weighted by atomic mass is 31.2. The second kappa shape index (κ2) is 5.09. The third kappa shape index (κ3) is 6.34. The summed E-state index contributed by atoms with van der Waals surface area (Å²) in [5.41, 5.74) is 0. The summed E-state index contributed by atoms with van der Waals surface area (Å²) in [7, 11) is -5.83. The first-order chi connectivity index (χ1) is 6.17. The van der Waals surface area contributed by atoms with E-state index in [0.717, 1.165) is 0 Å². The average Bonchev–Trinajstić information content (AvgIpc) is 1.93. The molecule has 0 saturated heterocycles. The Morgan fingerprint density at radius 2 is 2.00 bits per heavy atom.